The third-order valence-electron chi connectivity index (χ3n) is 2.78. The number of alkyl halides is 1. The first-order valence-electron chi connectivity index (χ1n) is 5.89. The van der Waals surface area contributed by atoms with Crippen LogP contribution in [0.4, 0.5) is 4.39 Å². The maximum atomic E-state index is 12.7. The summed E-state index contributed by atoms with van der Waals surface area (Å²) in [6, 6.07) is 6.34. The van der Waals surface area contributed by atoms with Crippen molar-refractivity contribution in [1.29, 1.82) is 0 Å². The molecule has 0 bridgehead atoms. The molecule has 0 spiro atoms. The Bertz CT molecular complexity index is 456. The normalized spacial score (nSPS) is 13.5. The summed E-state index contributed by atoms with van der Waals surface area (Å²) in [4.78, 5) is 0. The van der Waals surface area contributed by atoms with Crippen LogP contribution in [0.5, 0.6) is 0 Å². The van der Waals surface area contributed by atoms with Crippen LogP contribution in [-0.2, 0) is 16.3 Å². The number of hydrogen-bond donors (Lipinski definition) is 0. The van der Waals surface area contributed by atoms with Crippen LogP contribution >= 0.6 is 11.6 Å². The van der Waals surface area contributed by atoms with Gasteiger partial charge in [-0.15, -0.1) is 11.6 Å². The highest BCUT2D eigenvalue weighted by Crippen LogP contribution is 2.16. The molecule has 2 nitrogen and oxygen atoms in total. The van der Waals surface area contributed by atoms with Gasteiger partial charge in [-0.25, -0.2) is 12.8 Å². The topological polar surface area (TPSA) is 34.1 Å². The summed E-state index contributed by atoms with van der Waals surface area (Å²) in [5.74, 6) is 0.669. The van der Waals surface area contributed by atoms with E-state index in [2.05, 4.69) is 0 Å². The first-order valence-corrected chi connectivity index (χ1v) is 8.48. The summed E-state index contributed by atoms with van der Waals surface area (Å²) in [5.41, 5.74) is 1.03. The second-order valence-electron chi connectivity index (χ2n) is 4.62. The Labute approximate surface area is 113 Å². The minimum absolute atomic E-state index is 0.198. The minimum Gasteiger partial charge on any atom is -0.229 e. The molecule has 1 rings (SSSR count). The molecule has 0 aromatic heterocycles. The van der Waals surface area contributed by atoms with Gasteiger partial charge in [0.2, 0.25) is 0 Å². The Hall–Kier alpha value is -0.610. The molecular weight excluding hydrogens is 275 g/mol. The Morgan fingerprint density at radius 1 is 1.28 bits per heavy atom. The first kappa shape index (κ1) is 15.4. The van der Waals surface area contributed by atoms with Crippen LogP contribution in [0, 0.1) is 11.7 Å². The molecule has 0 saturated heterocycles. The van der Waals surface area contributed by atoms with E-state index < -0.39 is 9.84 Å². The maximum absolute atomic E-state index is 12.7. The molecule has 1 unspecified atom stereocenters. The first-order chi connectivity index (χ1) is 8.40. The fraction of sp³-hybridized carbons (Fsp3) is 0.538. The average molecular weight is 293 g/mol. The SMILES string of the molecule is CS(=O)(=O)CCCC(CCl)Cc1ccc(F)cc1. The van der Waals surface area contributed by atoms with E-state index in [1.54, 1.807) is 12.1 Å². The van der Waals surface area contributed by atoms with Gasteiger partial charge in [-0.3, -0.25) is 0 Å². The van der Waals surface area contributed by atoms with Crippen molar-refractivity contribution in [3.8, 4) is 0 Å². The van der Waals surface area contributed by atoms with E-state index in [-0.39, 0.29) is 17.5 Å². The van der Waals surface area contributed by atoms with Crippen molar-refractivity contribution in [2.24, 2.45) is 5.92 Å². The van der Waals surface area contributed by atoms with Crippen molar-refractivity contribution >= 4 is 21.4 Å². The van der Waals surface area contributed by atoms with Crippen molar-refractivity contribution in [2.75, 3.05) is 17.9 Å². The molecule has 18 heavy (non-hydrogen) atoms. The van der Waals surface area contributed by atoms with Crippen LogP contribution in [0.2, 0.25) is 0 Å². The largest absolute Gasteiger partial charge is 0.229 e. The fourth-order valence-corrected chi connectivity index (χ4v) is 2.78. The second-order valence-corrected chi connectivity index (χ2v) is 7.19. The van der Waals surface area contributed by atoms with E-state index >= 15 is 0 Å². The van der Waals surface area contributed by atoms with Gasteiger partial charge in [0.05, 0.1) is 0 Å². The smallest absolute Gasteiger partial charge is 0.147 e. The Morgan fingerprint density at radius 3 is 2.39 bits per heavy atom. The van der Waals surface area contributed by atoms with Gasteiger partial charge in [-0.1, -0.05) is 12.1 Å². The third kappa shape index (κ3) is 6.36. The zero-order chi connectivity index (χ0) is 13.6. The average Bonchev–Trinajstić information content (AvgIpc) is 2.29. The van der Waals surface area contributed by atoms with Gasteiger partial charge < -0.3 is 0 Å². The quantitative estimate of drug-likeness (QED) is 0.724. The van der Waals surface area contributed by atoms with Gasteiger partial charge in [0.15, 0.2) is 0 Å². The number of hydrogen-bond acceptors (Lipinski definition) is 2. The van der Waals surface area contributed by atoms with Crippen LogP contribution in [0.3, 0.4) is 0 Å². The Morgan fingerprint density at radius 2 is 1.89 bits per heavy atom. The fourth-order valence-electron chi connectivity index (χ4n) is 1.82. The van der Waals surface area contributed by atoms with Crippen LogP contribution in [0.15, 0.2) is 24.3 Å². The summed E-state index contributed by atoms with van der Waals surface area (Å²) >= 11 is 5.88. The molecule has 0 aliphatic heterocycles. The molecule has 0 saturated carbocycles. The lowest BCUT2D eigenvalue weighted by molar-refractivity contribution is 0.523. The van der Waals surface area contributed by atoms with Gasteiger partial charge in [0.1, 0.15) is 15.7 Å². The van der Waals surface area contributed by atoms with Gasteiger partial charge in [-0.2, -0.15) is 0 Å². The molecule has 0 aliphatic carbocycles. The van der Waals surface area contributed by atoms with E-state index in [0.29, 0.717) is 12.3 Å². The summed E-state index contributed by atoms with van der Waals surface area (Å²) in [6.07, 6.45) is 3.39. The van der Waals surface area contributed by atoms with Crippen molar-refractivity contribution in [2.45, 2.75) is 19.3 Å². The Kier molecular flexibility index (Phi) is 6.09. The number of sulfone groups is 1. The van der Waals surface area contributed by atoms with Crippen LogP contribution in [0.25, 0.3) is 0 Å². The van der Waals surface area contributed by atoms with E-state index in [9.17, 15) is 12.8 Å². The van der Waals surface area contributed by atoms with Crippen LogP contribution < -0.4 is 0 Å². The summed E-state index contributed by atoms with van der Waals surface area (Å²) in [7, 11) is -2.90. The molecule has 1 aromatic carbocycles. The highest BCUT2D eigenvalue weighted by atomic mass is 35.5. The second kappa shape index (κ2) is 7.10. The lowest BCUT2D eigenvalue weighted by atomic mass is 9.97. The van der Waals surface area contributed by atoms with E-state index in [1.807, 2.05) is 0 Å². The highest BCUT2D eigenvalue weighted by molar-refractivity contribution is 7.90. The zero-order valence-corrected chi connectivity index (χ0v) is 12.0. The van der Waals surface area contributed by atoms with E-state index in [0.717, 1.165) is 18.4 Å². The Balaban J connectivity index is 2.44. The number of benzene rings is 1. The van der Waals surface area contributed by atoms with Gasteiger partial charge >= 0.3 is 0 Å². The molecule has 1 atom stereocenters. The van der Waals surface area contributed by atoms with Crippen LogP contribution in [0.1, 0.15) is 18.4 Å². The predicted octanol–water partition coefficient (Wildman–Crippen LogP) is 3.05. The lowest BCUT2D eigenvalue weighted by Crippen LogP contribution is -2.10. The molecule has 0 fully saturated rings. The minimum atomic E-state index is -2.90. The van der Waals surface area contributed by atoms with Crippen LogP contribution in [-0.4, -0.2) is 26.3 Å². The molecule has 0 radical (unpaired) electrons. The molecule has 0 heterocycles. The van der Waals surface area contributed by atoms with Crippen molar-refractivity contribution < 1.29 is 12.8 Å². The zero-order valence-electron chi connectivity index (χ0n) is 10.4. The van der Waals surface area contributed by atoms with Crippen molar-refractivity contribution in [1.82, 2.24) is 0 Å². The molecule has 5 heteroatoms. The molecule has 0 N–H and O–H groups in total. The monoisotopic (exact) mass is 292 g/mol. The third-order valence-corrected chi connectivity index (χ3v) is 4.25. The van der Waals surface area contributed by atoms with Crippen molar-refractivity contribution in [3.05, 3.63) is 35.6 Å². The molecular formula is C13H18ClFO2S. The summed E-state index contributed by atoms with van der Waals surface area (Å²) in [6.45, 7) is 0. The summed E-state index contributed by atoms with van der Waals surface area (Å²) in [5, 5.41) is 0. The van der Waals surface area contributed by atoms with Crippen molar-refractivity contribution in [3.63, 3.8) is 0 Å². The number of halogens is 2. The molecule has 1 aromatic rings. The van der Waals surface area contributed by atoms with Gasteiger partial charge in [-0.05, 0) is 42.9 Å². The van der Waals surface area contributed by atoms with Gasteiger partial charge in [0, 0.05) is 17.9 Å². The molecule has 0 amide bonds. The highest BCUT2D eigenvalue weighted by Gasteiger charge is 2.10. The maximum Gasteiger partial charge on any atom is 0.147 e. The molecule has 0 aliphatic rings. The molecule has 102 valence electrons. The van der Waals surface area contributed by atoms with Gasteiger partial charge in [0.25, 0.3) is 0 Å². The summed E-state index contributed by atoms with van der Waals surface area (Å²) < 4.78 is 34.8. The predicted molar refractivity (Wildman–Crippen MR) is 73.3 cm³/mol. The van der Waals surface area contributed by atoms with E-state index in [4.69, 9.17) is 11.6 Å². The number of rotatable bonds is 7. The lowest BCUT2D eigenvalue weighted by Gasteiger charge is -2.13. The standard InChI is InChI=1S/C13H18ClFO2S/c1-18(16,17)8-2-3-12(10-14)9-11-4-6-13(15)7-5-11/h4-7,12H,2-3,8-10H2,1H3. The van der Waals surface area contributed by atoms with E-state index in [1.165, 1.54) is 18.4 Å².